The van der Waals surface area contributed by atoms with Crippen LogP contribution in [0.5, 0.6) is 0 Å². The number of thiazole rings is 1. The van der Waals surface area contributed by atoms with Crippen molar-refractivity contribution >= 4 is 23.1 Å². The Labute approximate surface area is 154 Å². The molecule has 0 aliphatic heterocycles. The summed E-state index contributed by atoms with van der Waals surface area (Å²) < 4.78 is 1.25. The minimum atomic E-state index is 0.503. The van der Waals surface area contributed by atoms with Crippen LogP contribution in [0.2, 0.25) is 0 Å². The van der Waals surface area contributed by atoms with Crippen LogP contribution in [0.1, 0.15) is 62.3 Å². The summed E-state index contributed by atoms with van der Waals surface area (Å²) in [5, 5.41) is 0. The zero-order valence-corrected chi connectivity index (χ0v) is 16.4. The van der Waals surface area contributed by atoms with Crippen molar-refractivity contribution in [1.29, 1.82) is 0 Å². The summed E-state index contributed by atoms with van der Waals surface area (Å²) >= 11 is 3.81. The summed E-state index contributed by atoms with van der Waals surface area (Å²) in [4.78, 5) is 6.29. The summed E-state index contributed by atoms with van der Waals surface area (Å²) in [7, 11) is 0. The summed E-state index contributed by atoms with van der Waals surface area (Å²) in [6, 6.07) is 7.03. The van der Waals surface area contributed by atoms with Crippen LogP contribution in [-0.2, 0) is 12.8 Å². The van der Waals surface area contributed by atoms with Gasteiger partial charge >= 0.3 is 0 Å². The Hall–Kier alpha value is -0.840. The first-order valence-electron chi connectivity index (χ1n) is 9.22. The summed E-state index contributed by atoms with van der Waals surface area (Å²) in [5.41, 5.74) is 11.6. The Morgan fingerprint density at radius 1 is 1.25 bits per heavy atom. The lowest BCUT2D eigenvalue weighted by atomic mass is 9.87. The number of thioether (sulfide) groups is 1. The summed E-state index contributed by atoms with van der Waals surface area (Å²) in [6.45, 7) is 5.23. The van der Waals surface area contributed by atoms with Gasteiger partial charge < -0.3 is 5.73 Å². The van der Waals surface area contributed by atoms with Crippen molar-refractivity contribution in [2.45, 2.75) is 62.6 Å². The normalized spacial score (nSPS) is 14.3. The molecular formula is C20H28N2S2. The summed E-state index contributed by atoms with van der Waals surface area (Å²) in [5.74, 6) is 1.69. The van der Waals surface area contributed by atoms with E-state index in [0.29, 0.717) is 5.92 Å². The molecule has 0 radical (unpaired) electrons. The van der Waals surface area contributed by atoms with E-state index in [4.69, 9.17) is 10.7 Å². The van der Waals surface area contributed by atoms with Crippen molar-refractivity contribution in [3.63, 3.8) is 0 Å². The zero-order valence-electron chi connectivity index (χ0n) is 14.8. The highest BCUT2D eigenvalue weighted by atomic mass is 32.2. The number of aryl methyl sites for hydroxylation is 2. The molecule has 0 saturated heterocycles. The average Bonchev–Trinajstić information content (AvgIpc) is 3.02. The maximum absolute atomic E-state index is 5.99. The number of hydrogen-bond acceptors (Lipinski definition) is 4. The molecule has 0 bridgehead atoms. The molecular weight excluding hydrogens is 332 g/mol. The van der Waals surface area contributed by atoms with Crippen LogP contribution in [-0.4, -0.2) is 17.3 Å². The van der Waals surface area contributed by atoms with Gasteiger partial charge in [0.2, 0.25) is 0 Å². The SMILES string of the molecule is CCCCSc1nc2c(s1)-c1ccc(C(CN)CCC)cc1CC2. The Kier molecular flexibility index (Phi) is 6.37. The zero-order chi connectivity index (χ0) is 16.9. The monoisotopic (exact) mass is 360 g/mol. The Morgan fingerprint density at radius 2 is 2.12 bits per heavy atom. The Bertz CT molecular complexity index is 678. The van der Waals surface area contributed by atoms with Gasteiger partial charge in [-0.2, -0.15) is 0 Å². The van der Waals surface area contributed by atoms with Gasteiger partial charge in [-0.15, -0.1) is 11.3 Å². The van der Waals surface area contributed by atoms with Gasteiger partial charge in [-0.1, -0.05) is 56.7 Å². The van der Waals surface area contributed by atoms with Gasteiger partial charge in [-0.05, 0) is 54.8 Å². The van der Waals surface area contributed by atoms with Crippen molar-refractivity contribution < 1.29 is 0 Å². The van der Waals surface area contributed by atoms with E-state index in [2.05, 4.69) is 32.0 Å². The highest BCUT2D eigenvalue weighted by Crippen LogP contribution is 2.41. The van der Waals surface area contributed by atoms with Gasteiger partial charge in [0.1, 0.15) is 0 Å². The minimum Gasteiger partial charge on any atom is -0.330 e. The molecule has 3 rings (SSSR count). The molecule has 1 aromatic carbocycles. The molecule has 1 heterocycles. The second kappa shape index (κ2) is 8.50. The van der Waals surface area contributed by atoms with E-state index < -0.39 is 0 Å². The predicted molar refractivity (Wildman–Crippen MR) is 107 cm³/mol. The standard InChI is InChI=1S/C20H28N2S2/c1-3-5-11-23-20-22-18-10-8-15-12-14(16(13-21)6-4-2)7-9-17(15)19(18)24-20/h7,9,12,16H,3-6,8,10-11,13,21H2,1-2H3. The van der Waals surface area contributed by atoms with Crippen molar-refractivity contribution in [3.05, 3.63) is 35.0 Å². The summed E-state index contributed by atoms with van der Waals surface area (Å²) in [6.07, 6.45) is 7.09. The maximum Gasteiger partial charge on any atom is 0.150 e. The van der Waals surface area contributed by atoms with Crippen molar-refractivity contribution in [2.24, 2.45) is 5.73 Å². The second-order valence-corrected chi connectivity index (χ2v) is 8.94. The van der Waals surface area contributed by atoms with Gasteiger partial charge in [0.05, 0.1) is 10.6 Å². The Balaban J connectivity index is 1.84. The van der Waals surface area contributed by atoms with Crippen LogP contribution in [0.4, 0.5) is 0 Å². The van der Waals surface area contributed by atoms with E-state index >= 15 is 0 Å². The highest BCUT2D eigenvalue weighted by molar-refractivity contribution is 8.01. The smallest absolute Gasteiger partial charge is 0.150 e. The molecule has 130 valence electrons. The molecule has 0 spiro atoms. The van der Waals surface area contributed by atoms with E-state index in [1.807, 2.05) is 23.1 Å². The van der Waals surface area contributed by atoms with Crippen LogP contribution in [0.25, 0.3) is 10.4 Å². The van der Waals surface area contributed by atoms with Crippen molar-refractivity contribution in [3.8, 4) is 10.4 Å². The predicted octanol–water partition coefficient (Wildman–Crippen LogP) is 5.64. The first-order valence-corrected chi connectivity index (χ1v) is 11.0. The van der Waals surface area contributed by atoms with E-state index in [1.165, 1.54) is 63.0 Å². The lowest BCUT2D eigenvalue weighted by molar-refractivity contribution is 0.621. The first kappa shape index (κ1) is 18.0. The molecule has 1 atom stereocenters. The van der Waals surface area contributed by atoms with Crippen LogP contribution in [0.3, 0.4) is 0 Å². The lowest BCUT2D eigenvalue weighted by Gasteiger charge is -2.20. The molecule has 2 aromatic rings. The molecule has 1 unspecified atom stereocenters. The van der Waals surface area contributed by atoms with E-state index in [9.17, 15) is 0 Å². The van der Waals surface area contributed by atoms with Crippen molar-refractivity contribution in [1.82, 2.24) is 4.98 Å². The van der Waals surface area contributed by atoms with Gasteiger partial charge in [0.25, 0.3) is 0 Å². The number of fused-ring (bicyclic) bond motifs is 3. The fraction of sp³-hybridized carbons (Fsp3) is 0.550. The average molecular weight is 361 g/mol. The molecule has 1 aliphatic carbocycles. The van der Waals surface area contributed by atoms with Gasteiger partial charge in [-0.25, -0.2) is 4.98 Å². The number of nitrogens with two attached hydrogens (primary N) is 1. The highest BCUT2D eigenvalue weighted by Gasteiger charge is 2.22. The Morgan fingerprint density at radius 3 is 2.88 bits per heavy atom. The fourth-order valence-electron chi connectivity index (χ4n) is 3.39. The topological polar surface area (TPSA) is 38.9 Å². The third kappa shape index (κ3) is 3.87. The molecule has 0 fully saturated rings. The minimum absolute atomic E-state index is 0.503. The number of nitrogens with zero attached hydrogens (tertiary/aromatic N) is 1. The van der Waals surface area contributed by atoms with Gasteiger partial charge in [0.15, 0.2) is 4.34 Å². The molecule has 2 nitrogen and oxygen atoms in total. The van der Waals surface area contributed by atoms with Crippen LogP contribution in [0, 0.1) is 0 Å². The lowest BCUT2D eigenvalue weighted by Crippen LogP contribution is -2.13. The fourth-order valence-corrected chi connectivity index (χ4v) is 5.82. The number of unbranched alkanes of at least 4 members (excludes halogenated alkanes) is 1. The van der Waals surface area contributed by atoms with Crippen molar-refractivity contribution in [2.75, 3.05) is 12.3 Å². The van der Waals surface area contributed by atoms with E-state index in [1.54, 1.807) is 0 Å². The van der Waals surface area contributed by atoms with Gasteiger partial charge in [-0.3, -0.25) is 0 Å². The third-order valence-corrected chi connectivity index (χ3v) is 7.16. The van der Waals surface area contributed by atoms with Crippen LogP contribution >= 0.6 is 23.1 Å². The van der Waals surface area contributed by atoms with Gasteiger partial charge in [0, 0.05) is 5.75 Å². The molecule has 0 saturated carbocycles. The maximum atomic E-state index is 5.99. The second-order valence-electron chi connectivity index (χ2n) is 6.60. The quantitative estimate of drug-likeness (QED) is 0.489. The number of benzene rings is 1. The molecule has 4 heteroatoms. The molecule has 2 N–H and O–H groups in total. The van der Waals surface area contributed by atoms with E-state index in [0.717, 1.165) is 19.4 Å². The largest absolute Gasteiger partial charge is 0.330 e. The first-order chi connectivity index (χ1) is 11.8. The molecule has 0 amide bonds. The van der Waals surface area contributed by atoms with Crippen LogP contribution in [0.15, 0.2) is 22.5 Å². The molecule has 1 aromatic heterocycles. The number of aromatic nitrogens is 1. The third-order valence-electron chi connectivity index (χ3n) is 4.80. The molecule has 1 aliphatic rings. The molecule has 24 heavy (non-hydrogen) atoms. The van der Waals surface area contributed by atoms with E-state index in [-0.39, 0.29) is 0 Å². The number of hydrogen-bond donors (Lipinski definition) is 1. The van der Waals surface area contributed by atoms with Crippen LogP contribution < -0.4 is 5.73 Å². The number of rotatable bonds is 8.